The van der Waals surface area contributed by atoms with Gasteiger partial charge in [-0.1, -0.05) is 19.1 Å². The van der Waals surface area contributed by atoms with Gasteiger partial charge in [-0.15, -0.1) is 0 Å². The Hall–Kier alpha value is -2.49. The Bertz CT molecular complexity index is 594. The summed E-state index contributed by atoms with van der Waals surface area (Å²) in [6.45, 7) is 2.42. The molecule has 4 nitrogen and oxygen atoms in total. The molecule has 110 valence electrons. The van der Waals surface area contributed by atoms with Crippen LogP contribution in [0.2, 0.25) is 0 Å². The van der Waals surface area contributed by atoms with Gasteiger partial charge in [-0.25, -0.2) is 0 Å². The van der Waals surface area contributed by atoms with Crippen molar-refractivity contribution in [3.8, 4) is 5.75 Å². The quantitative estimate of drug-likeness (QED) is 0.800. The molecular formula is C17H20N2O2. The predicted octanol–water partition coefficient (Wildman–Crippen LogP) is 3.24. The standard InChI is InChI=1S/C17H20N2O2/c1-2-13-4-3-5-15(12-13)19-17(20)10-11-21-16-8-6-14(18)7-9-16/h3-9,12H,2,10-11,18H2,1H3,(H,19,20). The molecule has 3 N–H and O–H groups in total. The molecule has 2 aromatic rings. The van der Waals surface area contributed by atoms with Crippen LogP contribution in [0.1, 0.15) is 18.9 Å². The molecule has 2 rings (SSSR count). The first-order chi connectivity index (χ1) is 10.2. The molecule has 2 aromatic carbocycles. The third-order valence-corrected chi connectivity index (χ3v) is 3.10. The van der Waals surface area contributed by atoms with Crippen molar-refractivity contribution in [1.82, 2.24) is 0 Å². The van der Waals surface area contributed by atoms with Crippen LogP contribution in [0.4, 0.5) is 11.4 Å². The highest BCUT2D eigenvalue weighted by Crippen LogP contribution is 2.14. The molecule has 0 atom stereocenters. The molecule has 0 spiro atoms. The average Bonchev–Trinajstić information content (AvgIpc) is 2.49. The van der Waals surface area contributed by atoms with Gasteiger partial charge in [-0.2, -0.15) is 0 Å². The van der Waals surface area contributed by atoms with E-state index in [1.165, 1.54) is 5.56 Å². The molecule has 0 fully saturated rings. The number of nitrogens with two attached hydrogens (primary N) is 1. The van der Waals surface area contributed by atoms with Crippen molar-refractivity contribution in [1.29, 1.82) is 0 Å². The predicted molar refractivity (Wildman–Crippen MR) is 85.4 cm³/mol. The fraction of sp³-hybridized carbons (Fsp3) is 0.235. The monoisotopic (exact) mass is 284 g/mol. The lowest BCUT2D eigenvalue weighted by atomic mass is 10.1. The molecule has 0 saturated carbocycles. The number of amides is 1. The number of nitrogen functional groups attached to an aromatic ring is 1. The summed E-state index contributed by atoms with van der Waals surface area (Å²) in [5.74, 6) is 0.656. The molecule has 0 heterocycles. The summed E-state index contributed by atoms with van der Waals surface area (Å²) < 4.78 is 5.50. The Balaban J connectivity index is 1.78. The molecule has 0 radical (unpaired) electrons. The van der Waals surface area contributed by atoms with E-state index in [0.717, 1.165) is 12.1 Å². The van der Waals surface area contributed by atoms with Gasteiger partial charge in [0.2, 0.25) is 5.91 Å². The minimum Gasteiger partial charge on any atom is -0.493 e. The van der Waals surface area contributed by atoms with Gasteiger partial charge in [0.25, 0.3) is 0 Å². The summed E-state index contributed by atoms with van der Waals surface area (Å²) >= 11 is 0. The van der Waals surface area contributed by atoms with Gasteiger partial charge in [0, 0.05) is 11.4 Å². The minimum atomic E-state index is -0.0568. The van der Waals surface area contributed by atoms with Gasteiger partial charge < -0.3 is 15.8 Å². The van der Waals surface area contributed by atoms with Crippen molar-refractivity contribution in [2.24, 2.45) is 0 Å². The zero-order valence-electron chi connectivity index (χ0n) is 12.1. The second-order valence-electron chi connectivity index (χ2n) is 4.77. The molecule has 0 aliphatic rings. The van der Waals surface area contributed by atoms with Gasteiger partial charge in [0.1, 0.15) is 5.75 Å². The summed E-state index contributed by atoms with van der Waals surface area (Å²) in [5.41, 5.74) is 8.31. The highest BCUT2D eigenvalue weighted by atomic mass is 16.5. The van der Waals surface area contributed by atoms with E-state index in [4.69, 9.17) is 10.5 Å². The van der Waals surface area contributed by atoms with E-state index >= 15 is 0 Å². The Morgan fingerprint density at radius 3 is 2.67 bits per heavy atom. The van der Waals surface area contributed by atoms with Crippen LogP contribution in [0, 0.1) is 0 Å². The van der Waals surface area contributed by atoms with Crippen LogP contribution in [-0.2, 0) is 11.2 Å². The van der Waals surface area contributed by atoms with Crippen LogP contribution in [0.5, 0.6) is 5.75 Å². The second kappa shape index (κ2) is 7.33. The molecule has 21 heavy (non-hydrogen) atoms. The van der Waals surface area contributed by atoms with Crippen LogP contribution in [0.3, 0.4) is 0 Å². The van der Waals surface area contributed by atoms with E-state index in [0.29, 0.717) is 24.5 Å². The number of carbonyl (C=O) groups is 1. The third kappa shape index (κ3) is 4.84. The van der Waals surface area contributed by atoms with Crippen LogP contribution < -0.4 is 15.8 Å². The van der Waals surface area contributed by atoms with E-state index in [9.17, 15) is 4.79 Å². The highest BCUT2D eigenvalue weighted by Gasteiger charge is 2.03. The lowest BCUT2D eigenvalue weighted by Crippen LogP contribution is -2.15. The van der Waals surface area contributed by atoms with Gasteiger partial charge in [0.05, 0.1) is 13.0 Å². The van der Waals surface area contributed by atoms with E-state index in [-0.39, 0.29) is 5.91 Å². The highest BCUT2D eigenvalue weighted by molar-refractivity contribution is 5.90. The van der Waals surface area contributed by atoms with E-state index in [1.54, 1.807) is 24.3 Å². The molecule has 1 amide bonds. The Morgan fingerprint density at radius 1 is 1.19 bits per heavy atom. The fourth-order valence-corrected chi connectivity index (χ4v) is 1.92. The normalized spacial score (nSPS) is 10.1. The van der Waals surface area contributed by atoms with Crippen LogP contribution >= 0.6 is 0 Å². The zero-order chi connectivity index (χ0) is 15.1. The van der Waals surface area contributed by atoms with Crippen LogP contribution in [0.15, 0.2) is 48.5 Å². The first-order valence-electron chi connectivity index (χ1n) is 7.04. The number of nitrogens with one attached hydrogen (secondary N) is 1. The average molecular weight is 284 g/mol. The molecule has 0 unspecified atom stereocenters. The van der Waals surface area contributed by atoms with E-state index in [1.807, 2.05) is 24.3 Å². The number of benzene rings is 2. The number of hydrogen-bond acceptors (Lipinski definition) is 3. The molecule has 0 aliphatic carbocycles. The smallest absolute Gasteiger partial charge is 0.227 e. The Morgan fingerprint density at radius 2 is 1.95 bits per heavy atom. The van der Waals surface area contributed by atoms with Crippen molar-refractivity contribution in [3.05, 3.63) is 54.1 Å². The van der Waals surface area contributed by atoms with Crippen LogP contribution in [-0.4, -0.2) is 12.5 Å². The number of carbonyl (C=O) groups excluding carboxylic acids is 1. The Kier molecular flexibility index (Phi) is 5.21. The lowest BCUT2D eigenvalue weighted by molar-refractivity contribution is -0.116. The Labute approximate surface area is 124 Å². The van der Waals surface area contributed by atoms with Crippen molar-refractivity contribution >= 4 is 17.3 Å². The summed E-state index contributed by atoms with van der Waals surface area (Å²) in [4.78, 5) is 11.8. The summed E-state index contributed by atoms with van der Waals surface area (Å²) in [5, 5.41) is 2.87. The molecule has 0 aromatic heterocycles. The molecule has 4 heteroatoms. The van der Waals surface area contributed by atoms with Gasteiger partial charge in [-0.05, 0) is 48.4 Å². The van der Waals surface area contributed by atoms with Gasteiger partial charge in [0.15, 0.2) is 0 Å². The van der Waals surface area contributed by atoms with E-state index in [2.05, 4.69) is 12.2 Å². The number of hydrogen-bond donors (Lipinski definition) is 2. The zero-order valence-corrected chi connectivity index (χ0v) is 12.1. The number of rotatable bonds is 6. The largest absolute Gasteiger partial charge is 0.493 e. The summed E-state index contributed by atoms with van der Waals surface area (Å²) in [7, 11) is 0. The first kappa shape index (κ1) is 14.9. The fourth-order valence-electron chi connectivity index (χ4n) is 1.92. The van der Waals surface area contributed by atoms with Gasteiger partial charge >= 0.3 is 0 Å². The van der Waals surface area contributed by atoms with E-state index < -0.39 is 0 Å². The third-order valence-electron chi connectivity index (χ3n) is 3.10. The minimum absolute atomic E-state index is 0.0568. The summed E-state index contributed by atoms with van der Waals surface area (Å²) in [6, 6.07) is 15.0. The lowest BCUT2D eigenvalue weighted by Gasteiger charge is -2.08. The van der Waals surface area contributed by atoms with Crippen molar-refractivity contribution in [2.75, 3.05) is 17.7 Å². The second-order valence-corrected chi connectivity index (χ2v) is 4.77. The molecule has 0 saturated heterocycles. The maximum absolute atomic E-state index is 11.8. The SMILES string of the molecule is CCc1cccc(NC(=O)CCOc2ccc(N)cc2)c1. The number of anilines is 2. The topological polar surface area (TPSA) is 64.3 Å². The van der Waals surface area contributed by atoms with Crippen molar-refractivity contribution in [2.45, 2.75) is 19.8 Å². The number of aryl methyl sites for hydroxylation is 1. The van der Waals surface area contributed by atoms with Crippen molar-refractivity contribution in [3.63, 3.8) is 0 Å². The molecular weight excluding hydrogens is 264 g/mol. The van der Waals surface area contributed by atoms with Gasteiger partial charge in [-0.3, -0.25) is 4.79 Å². The molecule has 0 bridgehead atoms. The summed E-state index contributed by atoms with van der Waals surface area (Å²) in [6.07, 6.45) is 1.25. The molecule has 0 aliphatic heterocycles. The first-order valence-corrected chi connectivity index (χ1v) is 7.04. The number of ether oxygens (including phenoxy) is 1. The van der Waals surface area contributed by atoms with Crippen LogP contribution in [0.25, 0.3) is 0 Å². The van der Waals surface area contributed by atoms with Crippen molar-refractivity contribution < 1.29 is 9.53 Å². The maximum Gasteiger partial charge on any atom is 0.227 e. The maximum atomic E-state index is 11.8.